The number of Topliss-reactive ketones (excluding diaryl/α,β-unsaturated/α-hetero) is 1. The van der Waals surface area contributed by atoms with Gasteiger partial charge in [0.1, 0.15) is 11.5 Å². The third kappa shape index (κ3) is 2.53. The molecule has 0 fully saturated rings. The summed E-state index contributed by atoms with van der Waals surface area (Å²) in [5.41, 5.74) is 1.07. The van der Waals surface area contributed by atoms with Crippen molar-refractivity contribution in [1.82, 2.24) is 0 Å². The summed E-state index contributed by atoms with van der Waals surface area (Å²) in [5, 5.41) is 2.25. The van der Waals surface area contributed by atoms with Gasteiger partial charge in [-0.2, -0.15) is 0 Å². The maximum absolute atomic E-state index is 11.9. The smallest absolute Gasteiger partial charge is 0.139 e. The standard InChI is InChI=1S/C16H18O2/c1-11(2)16(17)9-13-6-4-5-12-7-8-14(18-3)10-15(12)13/h4-8,10-11H,9H2,1-3H3. The van der Waals surface area contributed by atoms with Gasteiger partial charge in [0.15, 0.2) is 0 Å². The lowest BCUT2D eigenvalue weighted by Crippen LogP contribution is -2.10. The van der Waals surface area contributed by atoms with Gasteiger partial charge in [-0.25, -0.2) is 0 Å². The van der Waals surface area contributed by atoms with Gasteiger partial charge in [-0.3, -0.25) is 4.79 Å². The molecule has 0 amide bonds. The van der Waals surface area contributed by atoms with Crippen LogP contribution in [0.25, 0.3) is 10.8 Å². The molecule has 0 atom stereocenters. The third-order valence-electron chi connectivity index (χ3n) is 3.19. The highest BCUT2D eigenvalue weighted by Crippen LogP contribution is 2.25. The minimum Gasteiger partial charge on any atom is -0.497 e. The van der Waals surface area contributed by atoms with E-state index >= 15 is 0 Å². The summed E-state index contributed by atoms with van der Waals surface area (Å²) in [4.78, 5) is 11.9. The molecule has 18 heavy (non-hydrogen) atoms. The van der Waals surface area contributed by atoms with Crippen molar-refractivity contribution in [1.29, 1.82) is 0 Å². The maximum atomic E-state index is 11.9. The Labute approximate surface area is 108 Å². The molecule has 0 aliphatic rings. The monoisotopic (exact) mass is 242 g/mol. The van der Waals surface area contributed by atoms with Gasteiger partial charge >= 0.3 is 0 Å². The first kappa shape index (κ1) is 12.6. The van der Waals surface area contributed by atoms with Crippen molar-refractivity contribution in [2.24, 2.45) is 5.92 Å². The lowest BCUT2D eigenvalue weighted by atomic mass is 9.96. The van der Waals surface area contributed by atoms with Crippen LogP contribution < -0.4 is 4.74 Å². The minimum absolute atomic E-state index is 0.0749. The third-order valence-corrected chi connectivity index (χ3v) is 3.19. The summed E-state index contributed by atoms with van der Waals surface area (Å²) in [5.74, 6) is 1.17. The summed E-state index contributed by atoms with van der Waals surface area (Å²) in [6.07, 6.45) is 0.488. The first-order valence-electron chi connectivity index (χ1n) is 6.20. The van der Waals surface area contributed by atoms with Gasteiger partial charge in [-0.1, -0.05) is 38.1 Å². The second-order valence-electron chi connectivity index (χ2n) is 4.80. The van der Waals surface area contributed by atoms with Crippen LogP contribution in [0.2, 0.25) is 0 Å². The zero-order valence-electron chi connectivity index (χ0n) is 11.1. The van der Waals surface area contributed by atoms with E-state index in [1.807, 2.05) is 44.2 Å². The molecule has 2 rings (SSSR count). The fourth-order valence-corrected chi connectivity index (χ4v) is 1.99. The molecule has 0 saturated carbocycles. The number of carbonyl (C=O) groups is 1. The van der Waals surface area contributed by atoms with E-state index < -0.39 is 0 Å². The first-order chi connectivity index (χ1) is 8.61. The maximum Gasteiger partial charge on any atom is 0.139 e. The summed E-state index contributed by atoms with van der Waals surface area (Å²) in [6, 6.07) is 12.0. The van der Waals surface area contributed by atoms with Crippen LogP contribution in [0, 0.1) is 5.92 Å². The second-order valence-corrected chi connectivity index (χ2v) is 4.80. The van der Waals surface area contributed by atoms with E-state index in [0.29, 0.717) is 6.42 Å². The van der Waals surface area contributed by atoms with E-state index in [-0.39, 0.29) is 11.7 Å². The molecular formula is C16H18O2. The van der Waals surface area contributed by atoms with E-state index in [9.17, 15) is 4.79 Å². The number of fused-ring (bicyclic) bond motifs is 1. The Kier molecular flexibility index (Phi) is 3.66. The molecule has 0 bridgehead atoms. The van der Waals surface area contributed by atoms with Gasteiger partial charge in [-0.15, -0.1) is 0 Å². The number of methoxy groups -OCH3 is 1. The van der Waals surface area contributed by atoms with Crippen molar-refractivity contribution in [3.8, 4) is 5.75 Å². The molecule has 0 spiro atoms. The normalized spacial score (nSPS) is 10.9. The summed E-state index contributed by atoms with van der Waals surface area (Å²) < 4.78 is 5.24. The lowest BCUT2D eigenvalue weighted by molar-refractivity contribution is -0.121. The van der Waals surface area contributed by atoms with Gasteiger partial charge in [0, 0.05) is 12.3 Å². The molecule has 2 nitrogen and oxygen atoms in total. The Hall–Kier alpha value is -1.83. The molecular weight excluding hydrogens is 224 g/mol. The SMILES string of the molecule is COc1ccc2cccc(CC(=O)C(C)C)c2c1. The van der Waals surface area contributed by atoms with E-state index in [1.165, 1.54) is 0 Å². The quantitative estimate of drug-likeness (QED) is 0.818. The van der Waals surface area contributed by atoms with Crippen molar-refractivity contribution >= 4 is 16.6 Å². The predicted octanol–water partition coefficient (Wildman–Crippen LogP) is 3.62. The van der Waals surface area contributed by atoms with Crippen LogP contribution in [0.1, 0.15) is 19.4 Å². The molecule has 2 aromatic carbocycles. The molecule has 2 aromatic rings. The summed E-state index contributed by atoms with van der Waals surface area (Å²) >= 11 is 0. The Balaban J connectivity index is 2.46. The van der Waals surface area contributed by atoms with Gasteiger partial charge in [0.25, 0.3) is 0 Å². The summed E-state index contributed by atoms with van der Waals surface area (Å²) in [7, 11) is 1.66. The first-order valence-corrected chi connectivity index (χ1v) is 6.20. The molecule has 0 N–H and O–H groups in total. The minimum atomic E-state index is 0.0749. The Morgan fingerprint density at radius 2 is 2.00 bits per heavy atom. The van der Waals surface area contributed by atoms with Crippen LogP contribution in [0.4, 0.5) is 0 Å². The predicted molar refractivity (Wildman–Crippen MR) is 74.0 cm³/mol. The Bertz CT molecular complexity index is 570. The number of ether oxygens (including phenoxy) is 1. The zero-order chi connectivity index (χ0) is 13.1. The molecule has 0 heterocycles. The molecule has 0 saturated heterocycles. The lowest BCUT2D eigenvalue weighted by Gasteiger charge is -2.09. The van der Waals surface area contributed by atoms with Crippen molar-refractivity contribution in [2.75, 3.05) is 7.11 Å². The largest absolute Gasteiger partial charge is 0.497 e. The van der Waals surface area contributed by atoms with Crippen molar-refractivity contribution in [3.05, 3.63) is 42.0 Å². The fraction of sp³-hybridized carbons (Fsp3) is 0.312. The van der Waals surface area contributed by atoms with Crippen LogP contribution in [-0.4, -0.2) is 12.9 Å². The molecule has 0 aliphatic carbocycles. The number of carbonyl (C=O) groups excluding carboxylic acids is 1. The van der Waals surface area contributed by atoms with Crippen LogP contribution in [-0.2, 0) is 11.2 Å². The number of ketones is 1. The van der Waals surface area contributed by atoms with Gasteiger partial charge in [0.05, 0.1) is 7.11 Å². The van der Waals surface area contributed by atoms with Crippen molar-refractivity contribution in [2.45, 2.75) is 20.3 Å². The van der Waals surface area contributed by atoms with E-state index in [0.717, 1.165) is 22.1 Å². The number of hydrogen-bond acceptors (Lipinski definition) is 2. The topological polar surface area (TPSA) is 26.3 Å². The van der Waals surface area contributed by atoms with Crippen LogP contribution in [0.3, 0.4) is 0 Å². The number of hydrogen-bond donors (Lipinski definition) is 0. The zero-order valence-corrected chi connectivity index (χ0v) is 11.1. The van der Waals surface area contributed by atoms with Crippen LogP contribution in [0.5, 0.6) is 5.75 Å². The average Bonchev–Trinajstić information content (AvgIpc) is 2.38. The van der Waals surface area contributed by atoms with Gasteiger partial charge < -0.3 is 4.74 Å². The number of benzene rings is 2. The molecule has 0 radical (unpaired) electrons. The van der Waals surface area contributed by atoms with Crippen LogP contribution in [0.15, 0.2) is 36.4 Å². The highest BCUT2D eigenvalue weighted by Gasteiger charge is 2.10. The molecule has 94 valence electrons. The van der Waals surface area contributed by atoms with Crippen LogP contribution >= 0.6 is 0 Å². The second kappa shape index (κ2) is 5.21. The van der Waals surface area contributed by atoms with E-state index in [4.69, 9.17) is 4.74 Å². The highest BCUT2D eigenvalue weighted by molar-refractivity contribution is 5.92. The molecule has 0 aromatic heterocycles. The van der Waals surface area contributed by atoms with Gasteiger partial charge in [-0.05, 0) is 28.5 Å². The average molecular weight is 242 g/mol. The molecule has 2 heteroatoms. The summed E-state index contributed by atoms with van der Waals surface area (Å²) in [6.45, 7) is 3.88. The number of rotatable bonds is 4. The van der Waals surface area contributed by atoms with Crippen molar-refractivity contribution < 1.29 is 9.53 Å². The van der Waals surface area contributed by atoms with Gasteiger partial charge in [0.2, 0.25) is 0 Å². The Morgan fingerprint density at radius 1 is 1.22 bits per heavy atom. The fourth-order valence-electron chi connectivity index (χ4n) is 1.99. The highest BCUT2D eigenvalue weighted by atomic mass is 16.5. The molecule has 0 aliphatic heterocycles. The Morgan fingerprint density at radius 3 is 2.67 bits per heavy atom. The van der Waals surface area contributed by atoms with E-state index in [2.05, 4.69) is 6.07 Å². The van der Waals surface area contributed by atoms with E-state index in [1.54, 1.807) is 7.11 Å². The molecule has 0 unspecified atom stereocenters. The van der Waals surface area contributed by atoms with Crippen molar-refractivity contribution in [3.63, 3.8) is 0 Å².